The van der Waals surface area contributed by atoms with Gasteiger partial charge in [0.2, 0.25) is 0 Å². The van der Waals surface area contributed by atoms with E-state index in [-0.39, 0.29) is 18.3 Å². The van der Waals surface area contributed by atoms with Gasteiger partial charge in [0.25, 0.3) is 5.91 Å². The first-order valence-corrected chi connectivity index (χ1v) is 9.67. The van der Waals surface area contributed by atoms with Crippen LogP contribution in [0.25, 0.3) is 20.8 Å². The molecule has 0 spiro atoms. The smallest absolute Gasteiger partial charge is 0.345 e. The lowest BCUT2D eigenvalue weighted by molar-refractivity contribution is -0.392. The van der Waals surface area contributed by atoms with E-state index in [1.807, 2.05) is 24.3 Å². The van der Waals surface area contributed by atoms with Crippen LogP contribution < -0.4 is 5.32 Å². The number of carbonyl (C=O) groups is 1. The van der Waals surface area contributed by atoms with E-state index in [1.165, 1.54) is 11.6 Å². The van der Waals surface area contributed by atoms with E-state index in [9.17, 15) is 14.9 Å². The average molecular weight is 407 g/mol. The zero-order chi connectivity index (χ0) is 20.5. The number of fused-ring (bicyclic) bond motifs is 1. The summed E-state index contributed by atoms with van der Waals surface area (Å²) in [5.41, 5.74) is 4.20. The summed E-state index contributed by atoms with van der Waals surface area (Å²) in [6.07, 6.45) is 0. The normalized spacial score (nSPS) is 11.0. The molecule has 0 aliphatic carbocycles. The highest BCUT2D eigenvalue weighted by Crippen LogP contribution is 2.31. The first-order valence-electron chi connectivity index (χ1n) is 8.85. The monoisotopic (exact) mass is 407 g/mol. The second-order valence-electron chi connectivity index (χ2n) is 6.67. The average Bonchev–Trinajstić information content (AvgIpc) is 3.25. The Morgan fingerprint density at radius 2 is 1.93 bits per heavy atom. The van der Waals surface area contributed by atoms with E-state index in [0.29, 0.717) is 11.4 Å². The maximum atomic E-state index is 12.3. The number of hydrogen-bond acceptors (Lipinski definition) is 6. The fraction of sp³-hybridized carbons (Fsp3) is 0.150. The number of nitrogens with one attached hydrogen (secondary N) is 1. The maximum absolute atomic E-state index is 12.3. The molecule has 2 aromatic carbocycles. The minimum absolute atomic E-state index is 0.209. The van der Waals surface area contributed by atoms with Crippen LogP contribution in [0.3, 0.4) is 0 Å². The van der Waals surface area contributed by atoms with Gasteiger partial charge in [-0.1, -0.05) is 11.2 Å². The number of anilines is 1. The number of benzene rings is 2. The third-order valence-corrected chi connectivity index (χ3v) is 5.39. The van der Waals surface area contributed by atoms with Crippen molar-refractivity contribution < 1.29 is 9.72 Å². The summed E-state index contributed by atoms with van der Waals surface area (Å²) in [5, 5.41) is 18.7. The van der Waals surface area contributed by atoms with E-state index in [4.69, 9.17) is 0 Å². The highest BCUT2D eigenvalue weighted by molar-refractivity contribution is 7.21. The quantitative estimate of drug-likeness (QED) is 0.392. The molecule has 2 heterocycles. The van der Waals surface area contributed by atoms with Crippen molar-refractivity contribution in [3.05, 3.63) is 69.9 Å². The van der Waals surface area contributed by atoms with Gasteiger partial charge in [0, 0.05) is 11.3 Å². The molecule has 0 radical (unpaired) electrons. The predicted octanol–water partition coefficient (Wildman–Crippen LogP) is 4.32. The third kappa shape index (κ3) is 3.99. The van der Waals surface area contributed by atoms with Crippen molar-refractivity contribution in [3.63, 3.8) is 0 Å². The van der Waals surface area contributed by atoms with Crippen molar-refractivity contribution in [2.45, 2.75) is 20.4 Å². The van der Waals surface area contributed by atoms with Crippen LogP contribution in [0.2, 0.25) is 0 Å². The van der Waals surface area contributed by atoms with Crippen LogP contribution in [0, 0.1) is 24.0 Å². The Hall–Kier alpha value is -3.59. The number of nitro groups is 1. The first-order chi connectivity index (χ1) is 13.9. The number of thiazole rings is 1. The number of nitrogens with zero attached hydrogens (tertiary/aromatic N) is 4. The van der Waals surface area contributed by atoms with Crippen molar-refractivity contribution in [2.24, 2.45) is 0 Å². The Kier molecular flexibility index (Phi) is 4.81. The van der Waals surface area contributed by atoms with Gasteiger partial charge in [-0.3, -0.25) is 4.79 Å². The van der Waals surface area contributed by atoms with E-state index >= 15 is 0 Å². The molecule has 0 fully saturated rings. The molecule has 4 rings (SSSR count). The van der Waals surface area contributed by atoms with Crippen molar-refractivity contribution in [2.75, 3.05) is 5.32 Å². The number of hydrogen-bond donors (Lipinski definition) is 1. The molecule has 0 atom stereocenters. The highest BCUT2D eigenvalue weighted by atomic mass is 32.1. The van der Waals surface area contributed by atoms with Gasteiger partial charge >= 0.3 is 5.82 Å². The molecule has 29 heavy (non-hydrogen) atoms. The van der Waals surface area contributed by atoms with E-state index in [0.717, 1.165) is 25.5 Å². The minimum atomic E-state index is -0.554. The van der Waals surface area contributed by atoms with Gasteiger partial charge in [-0.05, 0) is 60.7 Å². The van der Waals surface area contributed by atoms with Gasteiger partial charge in [-0.15, -0.1) is 16.0 Å². The van der Waals surface area contributed by atoms with E-state index < -0.39 is 4.92 Å². The van der Waals surface area contributed by atoms with Crippen LogP contribution in [0.5, 0.6) is 0 Å². The second-order valence-corrected chi connectivity index (χ2v) is 7.71. The summed E-state index contributed by atoms with van der Waals surface area (Å²) < 4.78 is 2.22. The lowest BCUT2D eigenvalue weighted by Crippen LogP contribution is -2.20. The predicted molar refractivity (Wildman–Crippen MR) is 112 cm³/mol. The molecule has 0 unspecified atom stereocenters. The first kappa shape index (κ1) is 18.8. The molecule has 0 aliphatic heterocycles. The standard InChI is InChI=1S/C20H17N5O3S/c1-12-3-8-16-17(9-12)29-20(22-16)14-4-6-15(7-5-14)21-18(26)11-24-19(25(27)28)10-13(2)23-24/h3-10H,11H2,1-2H3,(H,21,26). The molecule has 1 amide bonds. The molecule has 0 saturated carbocycles. The summed E-state index contributed by atoms with van der Waals surface area (Å²) in [6.45, 7) is 3.46. The van der Waals surface area contributed by atoms with E-state index in [2.05, 4.69) is 28.4 Å². The molecule has 4 aromatic rings. The summed E-state index contributed by atoms with van der Waals surface area (Å²) in [6, 6.07) is 14.8. The Balaban J connectivity index is 1.47. The molecule has 146 valence electrons. The number of amides is 1. The molecule has 0 bridgehead atoms. The van der Waals surface area contributed by atoms with Gasteiger partial charge in [-0.25, -0.2) is 4.98 Å². The molecule has 2 aromatic heterocycles. The molecule has 1 N–H and O–H groups in total. The molecule has 9 heteroatoms. The Labute approximate surface area is 170 Å². The lowest BCUT2D eigenvalue weighted by atomic mass is 10.2. The molecular weight excluding hydrogens is 390 g/mol. The molecule has 8 nitrogen and oxygen atoms in total. The van der Waals surface area contributed by atoms with Crippen LogP contribution in [-0.4, -0.2) is 25.6 Å². The fourth-order valence-electron chi connectivity index (χ4n) is 2.98. The molecule has 0 aliphatic rings. The topological polar surface area (TPSA) is 103 Å². The SMILES string of the molecule is Cc1ccc2nc(-c3ccc(NC(=O)Cn4nc(C)cc4[N+](=O)[O-])cc3)sc2c1. The number of aryl methyl sites for hydroxylation is 2. The molecular formula is C20H17N5O3S. The maximum Gasteiger partial charge on any atom is 0.345 e. The van der Waals surface area contributed by atoms with Gasteiger partial charge in [0.05, 0.1) is 22.0 Å². The van der Waals surface area contributed by atoms with Crippen molar-refractivity contribution in [1.29, 1.82) is 0 Å². The summed E-state index contributed by atoms with van der Waals surface area (Å²) in [4.78, 5) is 27.4. The Bertz CT molecular complexity index is 1230. The van der Waals surface area contributed by atoms with Gasteiger partial charge in [-0.2, -0.15) is 0 Å². The highest BCUT2D eigenvalue weighted by Gasteiger charge is 2.19. The Morgan fingerprint density at radius 1 is 1.17 bits per heavy atom. The number of carbonyl (C=O) groups excluding carboxylic acids is 1. The van der Waals surface area contributed by atoms with Crippen LogP contribution in [0.4, 0.5) is 11.5 Å². The van der Waals surface area contributed by atoms with Crippen LogP contribution in [-0.2, 0) is 11.3 Å². The largest absolute Gasteiger partial charge is 0.358 e. The summed E-state index contributed by atoms with van der Waals surface area (Å²) >= 11 is 1.62. The number of aromatic nitrogens is 3. The second kappa shape index (κ2) is 7.44. The zero-order valence-corrected chi connectivity index (χ0v) is 16.6. The van der Waals surface area contributed by atoms with Crippen molar-refractivity contribution in [1.82, 2.24) is 14.8 Å². The van der Waals surface area contributed by atoms with Crippen LogP contribution in [0.15, 0.2) is 48.5 Å². The Morgan fingerprint density at radius 3 is 2.66 bits per heavy atom. The van der Waals surface area contributed by atoms with Crippen molar-refractivity contribution >= 4 is 39.0 Å². The van der Waals surface area contributed by atoms with Crippen molar-refractivity contribution in [3.8, 4) is 10.6 Å². The van der Waals surface area contributed by atoms with E-state index in [1.54, 1.807) is 30.4 Å². The minimum Gasteiger partial charge on any atom is -0.358 e. The van der Waals surface area contributed by atoms with Gasteiger partial charge in [0.15, 0.2) is 6.54 Å². The molecule has 0 saturated heterocycles. The van der Waals surface area contributed by atoms with Crippen LogP contribution >= 0.6 is 11.3 Å². The fourth-order valence-corrected chi connectivity index (χ4v) is 4.05. The summed E-state index contributed by atoms with van der Waals surface area (Å²) in [5.74, 6) is -0.599. The van der Waals surface area contributed by atoms with Gasteiger partial charge < -0.3 is 15.4 Å². The third-order valence-electron chi connectivity index (χ3n) is 4.32. The number of rotatable bonds is 5. The zero-order valence-electron chi connectivity index (χ0n) is 15.7. The lowest BCUT2D eigenvalue weighted by Gasteiger charge is -2.05. The summed E-state index contributed by atoms with van der Waals surface area (Å²) in [7, 11) is 0. The van der Waals surface area contributed by atoms with Crippen LogP contribution in [0.1, 0.15) is 11.3 Å². The van der Waals surface area contributed by atoms with Gasteiger partial charge in [0.1, 0.15) is 5.01 Å².